The van der Waals surface area contributed by atoms with Crippen molar-refractivity contribution < 1.29 is 64.6 Å². The molecule has 1 aromatic heterocycles. The van der Waals surface area contributed by atoms with E-state index >= 15 is 0 Å². The lowest BCUT2D eigenvalue weighted by Gasteiger charge is -2.26. The summed E-state index contributed by atoms with van der Waals surface area (Å²) in [6.45, 7) is 6.21. The van der Waals surface area contributed by atoms with E-state index in [1.54, 1.807) is 58.3 Å². The second kappa shape index (κ2) is 27.7. The molecule has 0 aliphatic carbocycles. The molecule has 5 aromatic rings. The number of para-hydroxylation sites is 2. The van der Waals surface area contributed by atoms with Crippen molar-refractivity contribution in [2.24, 2.45) is 15.9 Å². The average molecular weight is 1230 g/mol. The summed E-state index contributed by atoms with van der Waals surface area (Å²) in [6, 6.07) is 22.8. The minimum atomic E-state index is -4.45. The number of benzene rings is 4. The number of esters is 2. The number of methoxy groups -OCH3 is 1. The zero-order chi connectivity index (χ0) is 62.0. The summed E-state index contributed by atoms with van der Waals surface area (Å²) >= 11 is 0. The van der Waals surface area contributed by atoms with E-state index in [9.17, 15) is 45.6 Å². The number of aryl methyl sites for hydroxylation is 2. The summed E-state index contributed by atoms with van der Waals surface area (Å²) in [7, 11) is -7.15. The standard InChI is InChI=1S/C60H69N11O14S2/c1-36-14-9-11-18-45(36)65-59(76)64-41-23-22-40(61-33-41)32-53(73)71-27-25-38(3)54(71)56-63-43(35-84-56)30-48(68-86(5,78)79)57(74)85-58(75)49(69-87(80,81)44-16-7-6-8-17-44)31-42-34-83-55(62-42)50-20-13-26-70(50)52(72)29-39-21-24-47(51(28-39)82-4)67-60(77)66-46-19-12-10-15-37(46)2/h6-12,14-19,21-24,28,33,38,42-43,48-50,54,68-69H,13,20,25-27,29-32,34-35H2,1-5H3,(H2,64,65,76)(H2,66,67,77). The minimum Gasteiger partial charge on any atom is -0.495 e. The summed E-state index contributed by atoms with van der Waals surface area (Å²) in [5, 5.41) is 11.1. The molecular weight excluding hydrogens is 1160 g/mol. The van der Waals surface area contributed by atoms with E-state index in [2.05, 4.69) is 35.7 Å². The van der Waals surface area contributed by atoms with Gasteiger partial charge in [0, 0.05) is 43.0 Å². The van der Waals surface area contributed by atoms with Crippen LogP contribution in [-0.2, 0) is 66.3 Å². The number of aromatic nitrogens is 1. The molecule has 2 fully saturated rings. The van der Waals surface area contributed by atoms with Gasteiger partial charge < -0.3 is 50.0 Å². The fourth-order valence-electron chi connectivity index (χ4n) is 10.7. The maximum Gasteiger partial charge on any atom is 0.331 e. The monoisotopic (exact) mass is 1230 g/mol. The first-order valence-electron chi connectivity index (χ1n) is 28.3. The lowest BCUT2D eigenvalue weighted by molar-refractivity contribution is -0.162. The first-order valence-corrected chi connectivity index (χ1v) is 31.7. The van der Waals surface area contributed by atoms with E-state index in [0.717, 1.165) is 17.4 Å². The topological polar surface area (TPSA) is 324 Å². The zero-order valence-corrected chi connectivity index (χ0v) is 50.2. The third-order valence-corrected chi connectivity index (χ3v) is 17.4. The molecule has 27 heteroatoms. The fraction of sp³-hybridized carbons (Fsp3) is 0.383. The fourth-order valence-corrected chi connectivity index (χ4v) is 12.7. The van der Waals surface area contributed by atoms with E-state index in [1.807, 2.05) is 57.2 Å². The van der Waals surface area contributed by atoms with Crippen molar-refractivity contribution in [3.8, 4) is 5.75 Å². The van der Waals surface area contributed by atoms with Gasteiger partial charge in [-0.2, -0.15) is 4.72 Å². The van der Waals surface area contributed by atoms with Gasteiger partial charge in [0.15, 0.2) is 0 Å². The molecule has 0 radical (unpaired) electrons. The molecule has 87 heavy (non-hydrogen) atoms. The van der Waals surface area contributed by atoms with Crippen molar-refractivity contribution in [1.29, 1.82) is 0 Å². The van der Waals surface area contributed by atoms with E-state index in [0.29, 0.717) is 72.1 Å². The van der Waals surface area contributed by atoms with Crippen molar-refractivity contribution >= 4 is 90.4 Å². The molecule has 0 bridgehead atoms. The Balaban J connectivity index is 0.835. The number of carbonyl (C=O) groups is 6. The van der Waals surface area contributed by atoms with Gasteiger partial charge in [-0.05, 0) is 104 Å². The minimum absolute atomic E-state index is 0.0347. The molecule has 25 nitrogen and oxygen atoms in total. The van der Waals surface area contributed by atoms with Crippen LogP contribution in [0.25, 0.3) is 0 Å². The molecule has 0 saturated carbocycles. The molecule has 460 valence electrons. The number of likely N-dealkylation sites (tertiary alicyclic amines) is 2. The highest BCUT2D eigenvalue weighted by Crippen LogP contribution is 2.32. The maximum atomic E-state index is 14.2. The van der Waals surface area contributed by atoms with Gasteiger partial charge >= 0.3 is 24.0 Å². The predicted molar refractivity (Wildman–Crippen MR) is 323 cm³/mol. The summed E-state index contributed by atoms with van der Waals surface area (Å²) in [4.78, 5) is 98.5. The molecule has 9 rings (SSSR count). The second-order valence-corrected chi connectivity index (χ2v) is 25.3. The number of amides is 6. The van der Waals surface area contributed by atoms with Crippen molar-refractivity contribution in [2.45, 2.75) is 107 Å². The number of pyridine rings is 1. The van der Waals surface area contributed by atoms with Crippen LogP contribution in [0.5, 0.6) is 5.75 Å². The van der Waals surface area contributed by atoms with Crippen LogP contribution in [-0.4, -0.2) is 155 Å². The summed E-state index contributed by atoms with van der Waals surface area (Å²) in [5.74, 6) is -2.58. The van der Waals surface area contributed by atoms with Crippen LogP contribution in [0.3, 0.4) is 0 Å². The van der Waals surface area contributed by atoms with E-state index in [1.165, 1.54) is 37.6 Å². The molecule has 4 aromatic carbocycles. The summed E-state index contributed by atoms with van der Waals surface area (Å²) in [6.07, 6.45) is 3.16. The summed E-state index contributed by atoms with van der Waals surface area (Å²) < 4.78 is 80.7. The van der Waals surface area contributed by atoms with Gasteiger partial charge in [0.05, 0.1) is 60.8 Å². The number of aliphatic imine (C=N–C) groups is 2. The van der Waals surface area contributed by atoms with Gasteiger partial charge in [0.1, 0.15) is 43.1 Å². The first-order chi connectivity index (χ1) is 41.6. The van der Waals surface area contributed by atoms with Crippen molar-refractivity contribution in [3.05, 3.63) is 138 Å². The zero-order valence-electron chi connectivity index (χ0n) is 48.6. The van der Waals surface area contributed by atoms with E-state index in [-0.39, 0.29) is 73.3 Å². The van der Waals surface area contributed by atoms with Gasteiger partial charge in [-0.15, -0.1) is 0 Å². The van der Waals surface area contributed by atoms with Crippen LogP contribution in [0.2, 0.25) is 0 Å². The van der Waals surface area contributed by atoms with Crippen LogP contribution in [0, 0.1) is 19.8 Å². The number of nitrogens with zero attached hydrogens (tertiary/aromatic N) is 5. The van der Waals surface area contributed by atoms with E-state index < -0.39 is 80.3 Å². The Hall–Kier alpha value is -8.79. The number of nitrogens with one attached hydrogen (secondary N) is 6. The van der Waals surface area contributed by atoms with Crippen molar-refractivity contribution in [1.82, 2.24) is 24.2 Å². The smallest absolute Gasteiger partial charge is 0.331 e. The molecule has 5 heterocycles. The Morgan fingerprint density at radius 3 is 1.86 bits per heavy atom. The summed E-state index contributed by atoms with van der Waals surface area (Å²) in [5.41, 5.74) is 4.92. The molecule has 2 saturated heterocycles. The van der Waals surface area contributed by atoms with Crippen molar-refractivity contribution in [2.75, 3.05) is 60.9 Å². The van der Waals surface area contributed by atoms with Crippen LogP contribution >= 0.6 is 0 Å². The molecule has 6 N–H and O–H groups in total. The Labute approximate surface area is 504 Å². The predicted octanol–water partition coefficient (Wildman–Crippen LogP) is 5.72. The highest BCUT2D eigenvalue weighted by Gasteiger charge is 2.43. The van der Waals surface area contributed by atoms with Gasteiger partial charge in [-0.3, -0.25) is 14.6 Å². The highest BCUT2D eigenvalue weighted by molar-refractivity contribution is 7.89. The van der Waals surface area contributed by atoms with Gasteiger partial charge in [0.25, 0.3) is 0 Å². The van der Waals surface area contributed by atoms with Crippen LogP contribution < -0.4 is 35.4 Å². The number of sulfonamides is 2. The number of carbonyl (C=O) groups excluding carboxylic acids is 6. The number of rotatable bonds is 22. The Bertz CT molecular complexity index is 3680. The quantitative estimate of drug-likeness (QED) is 0.0357. The molecule has 0 spiro atoms. The van der Waals surface area contributed by atoms with Gasteiger partial charge in [0.2, 0.25) is 43.7 Å². The maximum absolute atomic E-state index is 14.2. The van der Waals surface area contributed by atoms with E-state index in [4.69, 9.17) is 28.9 Å². The molecule has 7 atom stereocenters. The first kappa shape index (κ1) is 62.7. The molecule has 4 aliphatic heterocycles. The number of hydrogen-bond acceptors (Lipinski definition) is 17. The van der Waals surface area contributed by atoms with Crippen LogP contribution in [0.1, 0.15) is 61.4 Å². The third-order valence-electron chi connectivity index (χ3n) is 15.2. The van der Waals surface area contributed by atoms with Crippen molar-refractivity contribution in [3.63, 3.8) is 0 Å². The molecule has 4 aliphatic rings. The molecular formula is C60H69N11O14S2. The Kier molecular flexibility index (Phi) is 20.0. The molecule has 6 amide bonds. The SMILES string of the molecule is COc1cc(CC(=O)N2CCCC2C2=NC(CC(NS(=O)(=O)c3ccccc3)C(=O)OC(=O)C(CC3COC(C4C(C)CCN4C(=O)Cc4ccc(NC(=O)Nc5ccccc5C)cn4)=N3)NS(C)(=O)=O)CO2)ccc1NC(=O)Nc1ccccc1C. The lowest BCUT2D eigenvalue weighted by atomic mass is 10.0. The Morgan fingerprint density at radius 2 is 1.24 bits per heavy atom. The highest BCUT2D eigenvalue weighted by atomic mass is 32.2. The molecule has 7 unspecified atom stereocenters. The number of ether oxygens (including phenoxy) is 4. The normalized spacial score (nSPS) is 19.8. The van der Waals surface area contributed by atoms with Gasteiger partial charge in [-0.25, -0.2) is 50.7 Å². The van der Waals surface area contributed by atoms with Gasteiger partial charge in [-0.1, -0.05) is 67.6 Å². The number of anilines is 4. The van der Waals surface area contributed by atoms with Crippen LogP contribution in [0.15, 0.2) is 130 Å². The van der Waals surface area contributed by atoms with Crippen LogP contribution in [0.4, 0.5) is 32.3 Å². The largest absolute Gasteiger partial charge is 0.495 e. The third kappa shape index (κ3) is 16.4. The Morgan fingerprint density at radius 1 is 0.655 bits per heavy atom. The number of hydrogen-bond donors (Lipinski definition) is 6. The number of urea groups is 2. The average Bonchev–Trinajstić information content (AvgIpc) is 2.19. The lowest BCUT2D eigenvalue weighted by Crippen LogP contribution is -2.48. The second-order valence-electron chi connectivity index (χ2n) is 21.8.